The minimum absolute atomic E-state index is 0.204. The maximum absolute atomic E-state index is 12.8. The zero-order chi connectivity index (χ0) is 23.3. The van der Waals surface area contributed by atoms with Gasteiger partial charge in [-0.1, -0.05) is 17.7 Å². The van der Waals surface area contributed by atoms with Crippen molar-refractivity contribution in [1.82, 2.24) is 5.43 Å². The van der Waals surface area contributed by atoms with E-state index in [1.165, 1.54) is 11.4 Å². The van der Waals surface area contributed by atoms with Gasteiger partial charge in [-0.25, -0.2) is 13.8 Å². The summed E-state index contributed by atoms with van der Waals surface area (Å²) in [4.78, 5) is 12.6. The summed E-state index contributed by atoms with van der Waals surface area (Å²) in [6.07, 6.45) is 0. The van der Waals surface area contributed by atoms with Gasteiger partial charge in [0.1, 0.15) is 5.75 Å². The molecule has 0 aliphatic heterocycles. The van der Waals surface area contributed by atoms with Crippen LogP contribution in [0.25, 0.3) is 0 Å². The standard InChI is InChI=1S/C24H25N3O4S/c1-17-5-15-23(16-6-17)32(29,30)27(3)21-11-7-20(8-12-21)24(28)26-25-18(2)19-9-13-22(31-4)14-10-19/h5-16H,1-4H3,(H,26,28)/b25-18-. The van der Waals surface area contributed by atoms with Gasteiger partial charge in [0.05, 0.1) is 23.4 Å². The molecule has 0 spiro atoms. The van der Waals surface area contributed by atoms with Crippen LogP contribution in [0.5, 0.6) is 5.75 Å². The second kappa shape index (κ2) is 9.65. The Hall–Kier alpha value is -3.65. The molecule has 0 atom stereocenters. The van der Waals surface area contributed by atoms with Crippen molar-refractivity contribution in [3.8, 4) is 5.75 Å². The van der Waals surface area contributed by atoms with Gasteiger partial charge in [0.2, 0.25) is 0 Å². The Balaban J connectivity index is 1.70. The number of amides is 1. The molecule has 3 aromatic carbocycles. The van der Waals surface area contributed by atoms with Crippen LogP contribution in [0.1, 0.15) is 28.4 Å². The first kappa shape index (κ1) is 23.0. The molecule has 0 bridgehead atoms. The lowest BCUT2D eigenvalue weighted by molar-refractivity contribution is 0.0955. The van der Waals surface area contributed by atoms with Gasteiger partial charge in [-0.05, 0) is 80.1 Å². The molecule has 0 radical (unpaired) electrons. The van der Waals surface area contributed by atoms with Crippen LogP contribution in [-0.2, 0) is 10.0 Å². The molecule has 3 aromatic rings. The second-order valence-electron chi connectivity index (χ2n) is 7.20. The third-order valence-corrected chi connectivity index (χ3v) is 6.81. The fourth-order valence-electron chi connectivity index (χ4n) is 2.93. The van der Waals surface area contributed by atoms with Crippen molar-refractivity contribution in [3.63, 3.8) is 0 Å². The number of ether oxygens (including phenoxy) is 1. The van der Waals surface area contributed by atoms with E-state index in [-0.39, 0.29) is 4.90 Å². The fourth-order valence-corrected chi connectivity index (χ4v) is 4.12. The molecule has 0 aliphatic carbocycles. The van der Waals surface area contributed by atoms with Crippen LogP contribution in [0.4, 0.5) is 5.69 Å². The van der Waals surface area contributed by atoms with Gasteiger partial charge < -0.3 is 4.74 Å². The average Bonchev–Trinajstić information content (AvgIpc) is 2.82. The van der Waals surface area contributed by atoms with E-state index < -0.39 is 15.9 Å². The molecule has 3 rings (SSSR count). The van der Waals surface area contributed by atoms with E-state index in [1.807, 2.05) is 31.2 Å². The third-order valence-electron chi connectivity index (χ3n) is 5.01. The summed E-state index contributed by atoms with van der Waals surface area (Å²) in [6.45, 7) is 3.68. The first-order chi connectivity index (χ1) is 15.2. The lowest BCUT2D eigenvalue weighted by Gasteiger charge is -2.19. The van der Waals surface area contributed by atoms with Gasteiger partial charge >= 0.3 is 0 Å². The van der Waals surface area contributed by atoms with Crippen molar-refractivity contribution in [1.29, 1.82) is 0 Å². The highest BCUT2D eigenvalue weighted by Crippen LogP contribution is 2.22. The number of hydrazone groups is 1. The summed E-state index contributed by atoms with van der Waals surface area (Å²) >= 11 is 0. The summed E-state index contributed by atoms with van der Waals surface area (Å²) in [5.74, 6) is 0.341. The molecule has 166 valence electrons. The lowest BCUT2D eigenvalue weighted by atomic mass is 10.1. The predicted octanol–water partition coefficient (Wildman–Crippen LogP) is 3.98. The Kier molecular flexibility index (Phi) is 6.95. The molecule has 0 saturated carbocycles. The number of benzene rings is 3. The van der Waals surface area contributed by atoms with Gasteiger partial charge in [-0.3, -0.25) is 9.10 Å². The summed E-state index contributed by atoms with van der Waals surface area (Å²) in [5.41, 5.74) is 5.80. The van der Waals surface area contributed by atoms with E-state index in [1.54, 1.807) is 62.6 Å². The quantitative estimate of drug-likeness (QED) is 0.435. The largest absolute Gasteiger partial charge is 0.497 e. The van der Waals surface area contributed by atoms with Crippen LogP contribution in [0.3, 0.4) is 0 Å². The summed E-state index contributed by atoms with van der Waals surface area (Å²) in [7, 11) is -0.624. The first-order valence-electron chi connectivity index (χ1n) is 9.87. The van der Waals surface area contributed by atoms with Crippen molar-refractivity contribution in [3.05, 3.63) is 89.5 Å². The molecule has 1 amide bonds. The zero-order valence-corrected chi connectivity index (χ0v) is 19.2. The Bertz CT molecular complexity index is 1220. The number of sulfonamides is 1. The topological polar surface area (TPSA) is 88.1 Å². The van der Waals surface area contributed by atoms with Gasteiger partial charge in [0, 0.05) is 12.6 Å². The molecule has 0 heterocycles. The number of nitrogens with zero attached hydrogens (tertiary/aromatic N) is 2. The number of methoxy groups -OCH3 is 1. The monoisotopic (exact) mass is 451 g/mol. The van der Waals surface area contributed by atoms with Crippen molar-refractivity contribution >= 4 is 27.3 Å². The third kappa shape index (κ3) is 5.15. The molecule has 1 N–H and O–H groups in total. The van der Waals surface area contributed by atoms with E-state index in [2.05, 4.69) is 10.5 Å². The van der Waals surface area contributed by atoms with E-state index in [9.17, 15) is 13.2 Å². The Morgan fingerprint density at radius 3 is 2.03 bits per heavy atom. The second-order valence-corrected chi connectivity index (χ2v) is 9.17. The zero-order valence-electron chi connectivity index (χ0n) is 18.4. The Morgan fingerprint density at radius 2 is 1.47 bits per heavy atom. The van der Waals surface area contributed by atoms with Gasteiger partial charge in [-0.2, -0.15) is 5.10 Å². The van der Waals surface area contributed by atoms with Crippen LogP contribution in [0, 0.1) is 6.92 Å². The number of rotatable bonds is 7. The van der Waals surface area contributed by atoms with E-state index in [0.717, 1.165) is 16.9 Å². The number of carbonyl (C=O) groups is 1. The number of nitrogens with one attached hydrogen (secondary N) is 1. The van der Waals surface area contributed by atoms with E-state index in [0.29, 0.717) is 17.0 Å². The van der Waals surface area contributed by atoms with Crippen molar-refractivity contribution in [2.75, 3.05) is 18.5 Å². The van der Waals surface area contributed by atoms with Crippen LogP contribution < -0.4 is 14.5 Å². The molecule has 0 aliphatic rings. The molecule has 7 nitrogen and oxygen atoms in total. The molecule has 32 heavy (non-hydrogen) atoms. The number of hydrogen-bond acceptors (Lipinski definition) is 5. The fraction of sp³-hybridized carbons (Fsp3) is 0.167. The Morgan fingerprint density at radius 1 is 0.906 bits per heavy atom. The van der Waals surface area contributed by atoms with Gasteiger partial charge in [-0.15, -0.1) is 0 Å². The maximum atomic E-state index is 12.8. The SMILES string of the molecule is COc1ccc(/C(C)=N\NC(=O)c2ccc(N(C)S(=O)(=O)c3ccc(C)cc3)cc2)cc1. The van der Waals surface area contributed by atoms with E-state index >= 15 is 0 Å². The van der Waals surface area contributed by atoms with Crippen molar-refractivity contribution in [2.24, 2.45) is 5.10 Å². The van der Waals surface area contributed by atoms with Gasteiger partial charge in [0.15, 0.2) is 0 Å². The number of aryl methyl sites for hydroxylation is 1. The molecular formula is C24H25N3O4S. The van der Waals surface area contributed by atoms with Crippen LogP contribution in [-0.4, -0.2) is 34.2 Å². The van der Waals surface area contributed by atoms with Gasteiger partial charge in [0.25, 0.3) is 15.9 Å². The number of carbonyl (C=O) groups excluding carboxylic acids is 1. The highest BCUT2D eigenvalue weighted by atomic mass is 32.2. The molecule has 0 fully saturated rings. The molecule has 0 unspecified atom stereocenters. The maximum Gasteiger partial charge on any atom is 0.271 e. The summed E-state index contributed by atoms with van der Waals surface area (Å²) < 4.78 is 32.0. The highest BCUT2D eigenvalue weighted by molar-refractivity contribution is 7.92. The van der Waals surface area contributed by atoms with Crippen LogP contribution in [0.15, 0.2) is 82.8 Å². The number of hydrogen-bond donors (Lipinski definition) is 1. The minimum atomic E-state index is -3.70. The Labute approximate surface area is 188 Å². The van der Waals surface area contributed by atoms with Crippen LogP contribution >= 0.6 is 0 Å². The molecular weight excluding hydrogens is 426 g/mol. The summed E-state index contributed by atoms with van der Waals surface area (Å²) in [6, 6.07) is 20.3. The average molecular weight is 452 g/mol. The highest BCUT2D eigenvalue weighted by Gasteiger charge is 2.21. The van der Waals surface area contributed by atoms with Crippen molar-refractivity contribution in [2.45, 2.75) is 18.7 Å². The summed E-state index contributed by atoms with van der Waals surface area (Å²) in [5, 5.41) is 4.14. The number of anilines is 1. The molecule has 8 heteroatoms. The predicted molar refractivity (Wildman–Crippen MR) is 126 cm³/mol. The van der Waals surface area contributed by atoms with Crippen LogP contribution in [0.2, 0.25) is 0 Å². The first-order valence-corrected chi connectivity index (χ1v) is 11.3. The van der Waals surface area contributed by atoms with E-state index in [4.69, 9.17) is 4.74 Å². The lowest BCUT2D eigenvalue weighted by Crippen LogP contribution is -2.26. The molecule has 0 saturated heterocycles. The molecule has 0 aromatic heterocycles. The van der Waals surface area contributed by atoms with Crippen molar-refractivity contribution < 1.29 is 17.9 Å². The minimum Gasteiger partial charge on any atom is -0.497 e. The smallest absolute Gasteiger partial charge is 0.271 e. The normalized spacial score (nSPS) is 11.7.